The van der Waals surface area contributed by atoms with Crippen LogP contribution in [-0.2, 0) is 0 Å². The molecule has 0 saturated carbocycles. The molecular weight excluding hydrogens is 224 g/mol. The number of nitrogens with zero attached hydrogens (tertiary/aromatic N) is 1. The zero-order valence-corrected chi connectivity index (χ0v) is 10.2. The normalized spacial score (nSPS) is 11.6. The predicted molar refractivity (Wildman–Crippen MR) is 65.9 cm³/mol. The molecule has 0 heterocycles. The highest BCUT2D eigenvalue weighted by Gasteiger charge is 2.07. The number of anilines is 1. The summed E-state index contributed by atoms with van der Waals surface area (Å²) in [5, 5.41) is 12.5. The molecule has 0 aliphatic heterocycles. The molecular formula is C12H15ClN2O. The maximum Gasteiger partial charge on any atom is 0.137 e. The van der Waals surface area contributed by atoms with Gasteiger partial charge in [-0.25, -0.2) is 0 Å². The van der Waals surface area contributed by atoms with Gasteiger partial charge >= 0.3 is 0 Å². The Hall–Kier alpha value is -1.40. The van der Waals surface area contributed by atoms with E-state index < -0.39 is 0 Å². The van der Waals surface area contributed by atoms with Gasteiger partial charge in [-0.1, -0.05) is 18.5 Å². The first-order valence-corrected chi connectivity index (χ1v) is 5.56. The minimum Gasteiger partial charge on any atom is -0.495 e. The number of ether oxygens (including phenoxy) is 1. The maximum atomic E-state index is 8.65. The number of hydrogen-bond donors (Lipinski definition) is 1. The molecule has 0 bridgehead atoms. The minimum absolute atomic E-state index is 0.162. The van der Waals surface area contributed by atoms with Crippen LogP contribution in [0.3, 0.4) is 0 Å². The molecule has 1 atom stereocenters. The van der Waals surface area contributed by atoms with Gasteiger partial charge in [0, 0.05) is 11.7 Å². The lowest BCUT2D eigenvalue weighted by atomic mass is 10.1. The van der Waals surface area contributed by atoms with Crippen molar-refractivity contribution in [3.8, 4) is 11.8 Å². The van der Waals surface area contributed by atoms with E-state index in [4.69, 9.17) is 21.6 Å². The Balaban J connectivity index is 2.74. The first-order chi connectivity index (χ1) is 7.71. The molecule has 0 aliphatic rings. The van der Waals surface area contributed by atoms with E-state index in [1.54, 1.807) is 13.2 Å². The Morgan fingerprint density at radius 2 is 2.31 bits per heavy atom. The predicted octanol–water partition coefficient (Wildman–Crippen LogP) is 3.45. The van der Waals surface area contributed by atoms with Crippen LogP contribution < -0.4 is 10.1 Å². The third-order valence-electron chi connectivity index (χ3n) is 2.35. The third kappa shape index (κ3) is 3.32. The monoisotopic (exact) mass is 238 g/mol. The van der Waals surface area contributed by atoms with E-state index in [2.05, 4.69) is 11.4 Å². The second-order valence-corrected chi connectivity index (χ2v) is 3.87. The van der Waals surface area contributed by atoms with Crippen molar-refractivity contribution in [2.75, 3.05) is 12.4 Å². The van der Waals surface area contributed by atoms with Crippen LogP contribution in [0.2, 0.25) is 5.02 Å². The van der Waals surface area contributed by atoms with Gasteiger partial charge in [-0.3, -0.25) is 0 Å². The summed E-state index contributed by atoms with van der Waals surface area (Å²) < 4.78 is 5.07. The third-order valence-corrected chi connectivity index (χ3v) is 2.65. The molecule has 0 radical (unpaired) electrons. The van der Waals surface area contributed by atoms with Crippen molar-refractivity contribution in [2.45, 2.75) is 25.8 Å². The SMILES string of the molecule is CCC(CC#N)Nc1ccc(OC)c(Cl)c1. The Morgan fingerprint density at radius 3 is 2.81 bits per heavy atom. The number of halogens is 1. The van der Waals surface area contributed by atoms with E-state index in [-0.39, 0.29) is 6.04 Å². The van der Waals surface area contributed by atoms with Crippen LogP contribution >= 0.6 is 11.6 Å². The zero-order valence-electron chi connectivity index (χ0n) is 9.46. The standard InChI is InChI=1S/C12H15ClN2O/c1-3-9(6-7-14)15-10-4-5-12(16-2)11(13)8-10/h4-5,8-9,15H,3,6H2,1-2H3. The van der Waals surface area contributed by atoms with Crippen LogP contribution in [0.25, 0.3) is 0 Å². The molecule has 3 nitrogen and oxygen atoms in total. The van der Waals surface area contributed by atoms with Crippen LogP contribution in [0, 0.1) is 11.3 Å². The molecule has 1 unspecified atom stereocenters. The van der Waals surface area contributed by atoms with E-state index in [0.717, 1.165) is 12.1 Å². The highest BCUT2D eigenvalue weighted by molar-refractivity contribution is 6.32. The molecule has 0 aliphatic carbocycles. The van der Waals surface area contributed by atoms with Crippen molar-refractivity contribution in [1.82, 2.24) is 0 Å². The number of methoxy groups -OCH3 is 1. The van der Waals surface area contributed by atoms with Gasteiger partial charge in [0.1, 0.15) is 5.75 Å². The van der Waals surface area contributed by atoms with Gasteiger partial charge in [0.25, 0.3) is 0 Å². The lowest BCUT2D eigenvalue weighted by molar-refractivity contribution is 0.415. The van der Waals surface area contributed by atoms with Crippen molar-refractivity contribution in [2.24, 2.45) is 0 Å². The van der Waals surface area contributed by atoms with Gasteiger partial charge in [0.15, 0.2) is 0 Å². The molecule has 0 saturated heterocycles. The van der Waals surface area contributed by atoms with Crippen LogP contribution in [0.1, 0.15) is 19.8 Å². The first-order valence-electron chi connectivity index (χ1n) is 5.18. The average Bonchev–Trinajstić information content (AvgIpc) is 2.28. The summed E-state index contributed by atoms with van der Waals surface area (Å²) in [4.78, 5) is 0. The fourth-order valence-corrected chi connectivity index (χ4v) is 1.66. The van der Waals surface area contributed by atoms with E-state index in [1.807, 2.05) is 19.1 Å². The molecule has 0 spiro atoms. The highest BCUT2D eigenvalue weighted by atomic mass is 35.5. The summed E-state index contributed by atoms with van der Waals surface area (Å²) in [6, 6.07) is 7.83. The largest absolute Gasteiger partial charge is 0.495 e. The smallest absolute Gasteiger partial charge is 0.137 e. The fraction of sp³-hybridized carbons (Fsp3) is 0.417. The van der Waals surface area contributed by atoms with Gasteiger partial charge in [-0.15, -0.1) is 0 Å². The molecule has 4 heteroatoms. The molecule has 0 aromatic heterocycles. The van der Waals surface area contributed by atoms with Crippen LogP contribution in [0.15, 0.2) is 18.2 Å². The molecule has 1 rings (SSSR count). The first kappa shape index (κ1) is 12.7. The highest BCUT2D eigenvalue weighted by Crippen LogP contribution is 2.27. The van der Waals surface area contributed by atoms with E-state index in [0.29, 0.717) is 17.2 Å². The molecule has 1 N–H and O–H groups in total. The summed E-state index contributed by atoms with van der Waals surface area (Å²) in [5.74, 6) is 0.653. The second kappa shape index (κ2) is 6.24. The minimum atomic E-state index is 0.162. The molecule has 1 aromatic carbocycles. The van der Waals surface area contributed by atoms with E-state index in [9.17, 15) is 0 Å². The van der Waals surface area contributed by atoms with Crippen molar-refractivity contribution in [3.63, 3.8) is 0 Å². The summed E-state index contributed by atoms with van der Waals surface area (Å²) >= 11 is 6.00. The second-order valence-electron chi connectivity index (χ2n) is 3.46. The van der Waals surface area contributed by atoms with Crippen molar-refractivity contribution < 1.29 is 4.74 Å². The number of hydrogen-bond acceptors (Lipinski definition) is 3. The van der Waals surface area contributed by atoms with Gasteiger partial charge in [-0.05, 0) is 24.6 Å². The molecule has 16 heavy (non-hydrogen) atoms. The van der Waals surface area contributed by atoms with Crippen molar-refractivity contribution in [1.29, 1.82) is 5.26 Å². The molecule has 1 aromatic rings. The Bertz CT molecular complexity index is 387. The summed E-state index contributed by atoms with van der Waals surface area (Å²) in [5.41, 5.74) is 0.910. The summed E-state index contributed by atoms with van der Waals surface area (Å²) in [6.45, 7) is 2.04. The van der Waals surface area contributed by atoms with Gasteiger partial charge < -0.3 is 10.1 Å². The quantitative estimate of drug-likeness (QED) is 0.855. The lowest BCUT2D eigenvalue weighted by Crippen LogP contribution is -2.17. The Kier molecular flexibility index (Phi) is 4.94. The fourth-order valence-electron chi connectivity index (χ4n) is 1.40. The van der Waals surface area contributed by atoms with Crippen LogP contribution in [0.4, 0.5) is 5.69 Å². The topological polar surface area (TPSA) is 45.0 Å². The lowest BCUT2D eigenvalue weighted by Gasteiger charge is -2.15. The van der Waals surface area contributed by atoms with Gasteiger partial charge in [0.2, 0.25) is 0 Å². The molecule has 0 amide bonds. The summed E-state index contributed by atoms with van der Waals surface area (Å²) in [7, 11) is 1.58. The van der Waals surface area contributed by atoms with Gasteiger partial charge in [0.05, 0.1) is 24.6 Å². The maximum absolute atomic E-state index is 8.65. The Morgan fingerprint density at radius 1 is 1.56 bits per heavy atom. The average molecular weight is 239 g/mol. The van der Waals surface area contributed by atoms with Crippen molar-refractivity contribution >= 4 is 17.3 Å². The van der Waals surface area contributed by atoms with E-state index >= 15 is 0 Å². The van der Waals surface area contributed by atoms with E-state index in [1.165, 1.54) is 0 Å². The Labute approximate surface area is 101 Å². The number of benzene rings is 1. The van der Waals surface area contributed by atoms with Gasteiger partial charge in [-0.2, -0.15) is 5.26 Å². The van der Waals surface area contributed by atoms with Crippen molar-refractivity contribution in [3.05, 3.63) is 23.2 Å². The molecule has 86 valence electrons. The number of rotatable bonds is 5. The van der Waals surface area contributed by atoms with Crippen LogP contribution in [0.5, 0.6) is 5.75 Å². The number of nitrogens with one attached hydrogen (secondary N) is 1. The summed E-state index contributed by atoms with van der Waals surface area (Å²) in [6.07, 6.45) is 1.39. The zero-order chi connectivity index (χ0) is 12.0. The van der Waals surface area contributed by atoms with Crippen LogP contribution in [-0.4, -0.2) is 13.2 Å². The number of nitriles is 1. The molecule has 0 fully saturated rings.